The minimum atomic E-state index is -1.39. The van der Waals surface area contributed by atoms with Crippen LogP contribution in [-0.4, -0.2) is 25.0 Å². The largest absolute Gasteiger partial charge is 0.399 e. The van der Waals surface area contributed by atoms with Gasteiger partial charge in [0.25, 0.3) is 0 Å². The van der Waals surface area contributed by atoms with Gasteiger partial charge in [0.05, 0.1) is 23.4 Å². The molecule has 0 aromatic rings. The quantitative estimate of drug-likeness (QED) is 0.829. The molecule has 0 fully saturated rings. The number of hydrogen-bond acceptors (Lipinski definition) is 5. The SMILES string of the molecule is CCC[C@@H]1[C@@H]2CN(C)CC=C2C(C#N)=C(N)C1(C#N)C#N. The van der Waals surface area contributed by atoms with E-state index < -0.39 is 5.41 Å². The second kappa shape index (κ2) is 5.60. The van der Waals surface area contributed by atoms with Crippen molar-refractivity contribution in [1.82, 2.24) is 4.90 Å². The Morgan fingerprint density at radius 1 is 1.38 bits per heavy atom. The molecule has 0 unspecified atom stereocenters. The molecule has 2 N–H and O–H groups in total. The number of nitriles is 3. The monoisotopic (exact) mass is 281 g/mol. The first-order valence-corrected chi connectivity index (χ1v) is 7.17. The van der Waals surface area contributed by atoms with Crippen LogP contribution in [0.5, 0.6) is 0 Å². The van der Waals surface area contributed by atoms with Gasteiger partial charge in [-0.05, 0) is 19.0 Å². The number of allylic oxidation sites excluding steroid dienone is 2. The van der Waals surface area contributed by atoms with Crippen LogP contribution in [-0.2, 0) is 0 Å². The van der Waals surface area contributed by atoms with Crippen molar-refractivity contribution in [3.8, 4) is 18.2 Å². The van der Waals surface area contributed by atoms with Gasteiger partial charge in [-0.25, -0.2) is 0 Å². The molecular weight excluding hydrogens is 262 g/mol. The Balaban J connectivity index is 2.71. The van der Waals surface area contributed by atoms with Gasteiger partial charge in [-0.1, -0.05) is 19.4 Å². The second-order valence-electron chi connectivity index (χ2n) is 5.81. The number of nitrogens with two attached hydrogens (primary N) is 1. The molecule has 2 rings (SSSR count). The lowest BCUT2D eigenvalue weighted by Gasteiger charge is -2.44. The Bertz CT molecular complexity index is 609. The van der Waals surface area contributed by atoms with Gasteiger partial charge in [-0.2, -0.15) is 15.8 Å². The van der Waals surface area contributed by atoms with E-state index in [2.05, 4.69) is 23.1 Å². The van der Waals surface area contributed by atoms with Crippen LogP contribution < -0.4 is 5.73 Å². The summed E-state index contributed by atoms with van der Waals surface area (Å²) >= 11 is 0. The zero-order chi connectivity index (χ0) is 15.6. The van der Waals surface area contributed by atoms with Crippen LogP contribution in [0.4, 0.5) is 0 Å². The van der Waals surface area contributed by atoms with Crippen LogP contribution in [0.25, 0.3) is 0 Å². The average molecular weight is 281 g/mol. The minimum Gasteiger partial charge on any atom is -0.399 e. The maximum absolute atomic E-state index is 9.65. The van der Waals surface area contributed by atoms with Crippen LogP contribution in [0.2, 0.25) is 0 Å². The van der Waals surface area contributed by atoms with Gasteiger partial charge in [-0.15, -0.1) is 0 Å². The molecule has 0 amide bonds. The first-order valence-electron chi connectivity index (χ1n) is 7.17. The molecule has 0 saturated carbocycles. The molecule has 21 heavy (non-hydrogen) atoms. The van der Waals surface area contributed by atoms with Crippen LogP contribution in [0.1, 0.15) is 19.8 Å². The zero-order valence-corrected chi connectivity index (χ0v) is 12.4. The lowest BCUT2D eigenvalue weighted by atomic mass is 9.59. The van der Waals surface area contributed by atoms with E-state index in [4.69, 9.17) is 5.73 Å². The Hall–Kier alpha value is -2.29. The lowest BCUT2D eigenvalue weighted by molar-refractivity contribution is 0.176. The third kappa shape index (κ3) is 2.09. The standard InChI is InChI=1S/C16H19N5/c1-3-4-14-13-8-21(2)6-5-11(13)12(7-17)15(20)16(14,9-18)10-19/h5,13-14H,3-4,6,8,20H2,1-2H3/t13-,14-/m1/s1. The van der Waals surface area contributed by atoms with Crippen molar-refractivity contribution in [1.29, 1.82) is 15.8 Å². The van der Waals surface area contributed by atoms with E-state index in [0.29, 0.717) is 5.57 Å². The zero-order valence-electron chi connectivity index (χ0n) is 12.4. The number of nitrogens with zero attached hydrogens (tertiary/aromatic N) is 4. The van der Waals surface area contributed by atoms with Crippen molar-refractivity contribution < 1.29 is 0 Å². The lowest BCUT2D eigenvalue weighted by Crippen LogP contribution is -2.48. The van der Waals surface area contributed by atoms with E-state index in [0.717, 1.165) is 31.5 Å². The van der Waals surface area contributed by atoms with Crippen LogP contribution >= 0.6 is 0 Å². The molecule has 1 aliphatic heterocycles. The van der Waals surface area contributed by atoms with Gasteiger partial charge in [0.1, 0.15) is 6.07 Å². The fourth-order valence-electron chi connectivity index (χ4n) is 3.56. The third-order valence-electron chi connectivity index (χ3n) is 4.62. The van der Waals surface area contributed by atoms with E-state index in [1.807, 2.05) is 20.0 Å². The summed E-state index contributed by atoms with van der Waals surface area (Å²) in [5, 5.41) is 28.7. The van der Waals surface area contributed by atoms with E-state index >= 15 is 0 Å². The second-order valence-corrected chi connectivity index (χ2v) is 5.81. The van der Waals surface area contributed by atoms with Crippen molar-refractivity contribution in [3.05, 3.63) is 22.9 Å². The summed E-state index contributed by atoms with van der Waals surface area (Å²) in [5.41, 5.74) is 6.12. The van der Waals surface area contributed by atoms with Gasteiger partial charge in [-0.3, -0.25) is 0 Å². The maximum Gasteiger partial charge on any atom is 0.187 e. The first-order chi connectivity index (χ1) is 10.1. The molecule has 0 aromatic carbocycles. The third-order valence-corrected chi connectivity index (χ3v) is 4.62. The molecule has 0 aromatic heterocycles. The van der Waals surface area contributed by atoms with Crippen LogP contribution in [0, 0.1) is 51.2 Å². The highest BCUT2D eigenvalue weighted by molar-refractivity contribution is 5.56. The number of fused-ring (bicyclic) bond motifs is 1. The fourth-order valence-corrected chi connectivity index (χ4v) is 3.56. The maximum atomic E-state index is 9.65. The molecule has 0 radical (unpaired) electrons. The fraction of sp³-hybridized carbons (Fsp3) is 0.562. The van der Waals surface area contributed by atoms with Crippen molar-refractivity contribution in [2.24, 2.45) is 23.0 Å². The predicted molar refractivity (Wildman–Crippen MR) is 78.0 cm³/mol. The van der Waals surface area contributed by atoms with Crippen molar-refractivity contribution >= 4 is 0 Å². The van der Waals surface area contributed by atoms with Gasteiger partial charge < -0.3 is 10.6 Å². The van der Waals surface area contributed by atoms with Crippen LogP contribution in [0.3, 0.4) is 0 Å². The Kier molecular flexibility index (Phi) is 4.03. The summed E-state index contributed by atoms with van der Waals surface area (Å²) in [7, 11) is 2.00. The molecule has 0 bridgehead atoms. The highest BCUT2D eigenvalue weighted by atomic mass is 15.1. The summed E-state index contributed by atoms with van der Waals surface area (Å²) < 4.78 is 0. The molecule has 1 aliphatic carbocycles. The smallest absolute Gasteiger partial charge is 0.187 e. The Morgan fingerprint density at radius 3 is 2.57 bits per heavy atom. The van der Waals surface area contributed by atoms with Gasteiger partial charge in [0, 0.05) is 24.9 Å². The highest BCUT2D eigenvalue weighted by Gasteiger charge is 2.52. The van der Waals surface area contributed by atoms with E-state index in [9.17, 15) is 15.8 Å². The van der Waals surface area contributed by atoms with E-state index in [-0.39, 0.29) is 17.5 Å². The molecule has 108 valence electrons. The predicted octanol–water partition coefficient (Wildman–Crippen LogP) is 1.67. The van der Waals surface area contributed by atoms with Crippen molar-refractivity contribution in [2.45, 2.75) is 19.8 Å². The first kappa shape index (κ1) is 15.1. The highest BCUT2D eigenvalue weighted by Crippen LogP contribution is 2.50. The van der Waals surface area contributed by atoms with Gasteiger partial charge in [0.15, 0.2) is 5.41 Å². The Labute approximate surface area is 125 Å². The minimum absolute atomic E-state index is 0.0185. The Morgan fingerprint density at radius 2 is 2.05 bits per heavy atom. The van der Waals surface area contributed by atoms with Crippen LogP contribution in [0.15, 0.2) is 22.9 Å². The summed E-state index contributed by atoms with van der Waals surface area (Å²) in [4.78, 5) is 2.15. The van der Waals surface area contributed by atoms with E-state index in [1.54, 1.807) is 0 Å². The normalized spacial score (nSPS) is 27.9. The molecule has 1 heterocycles. The van der Waals surface area contributed by atoms with Gasteiger partial charge >= 0.3 is 0 Å². The molecular formula is C16H19N5. The summed E-state index contributed by atoms with van der Waals surface area (Å²) in [6, 6.07) is 6.37. The molecule has 2 aliphatic rings. The summed E-state index contributed by atoms with van der Waals surface area (Å²) in [6.45, 7) is 3.55. The average Bonchev–Trinajstić information content (AvgIpc) is 2.49. The summed E-state index contributed by atoms with van der Waals surface area (Å²) in [5.74, 6) is -0.145. The van der Waals surface area contributed by atoms with E-state index in [1.165, 1.54) is 0 Å². The molecule has 5 nitrogen and oxygen atoms in total. The molecule has 0 saturated heterocycles. The molecule has 2 atom stereocenters. The number of hydrogen-bond donors (Lipinski definition) is 1. The van der Waals surface area contributed by atoms with Gasteiger partial charge in [0.2, 0.25) is 0 Å². The van der Waals surface area contributed by atoms with Crippen molar-refractivity contribution in [3.63, 3.8) is 0 Å². The topological polar surface area (TPSA) is 101 Å². The van der Waals surface area contributed by atoms with Crippen molar-refractivity contribution in [2.75, 3.05) is 20.1 Å². The number of rotatable bonds is 2. The number of likely N-dealkylation sites (N-methyl/N-ethyl adjacent to an activating group) is 1. The summed E-state index contributed by atoms with van der Waals surface area (Å²) in [6.07, 6.45) is 3.63. The molecule has 0 spiro atoms. The molecule has 5 heteroatoms.